The van der Waals surface area contributed by atoms with Gasteiger partial charge in [0.25, 0.3) is 0 Å². The van der Waals surface area contributed by atoms with E-state index in [1.54, 1.807) is 0 Å². The highest BCUT2D eigenvalue weighted by Crippen LogP contribution is 2.06. The zero-order valence-corrected chi connectivity index (χ0v) is 10.3. The van der Waals surface area contributed by atoms with Gasteiger partial charge in [-0.2, -0.15) is 10.6 Å². The average molecular weight is 211 g/mol. The quantitative estimate of drug-likeness (QED) is 0.772. The van der Waals surface area contributed by atoms with E-state index < -0.39 is 0 Å². The van der Waals surface area contributed by atoms with Crippen LogP contribution in [-0.4, -0.2) is 15.4 Å². The molecule has 0 aliphatic carbocycles. The van der Waals surface area contributed by atoms with E-state index in [1.807, 2.05) is 32.5 Å². The normalized spacial score (nSPS) is 12.1. The zero-order valence-electron chi connectivity index (χ0n) is 10.3. The largest absolute Gasteiger partial charge is 0.296 e. The van der Waals surface area contributed by atoms with Crippen LogP contribution in [-0.2, 0) is 24.9 Å². The Morgan fingerprint density at radius 3 is 2.60 bits per heavy atom. The van der Waals surface area contributed by atoms with Crippen molar-refractivity contribution in [2.24, 2.45) is 7.05 Å². The molecule has 0 saturated heterocycles. The fraction of sp³-hybridized carbons (Fsp3) is 0.727. The van der Waals surface area contributed by atoms with Crippen molar-refractivity contribution in [1.29, 1.82) is 0 Å². The summed E-state index contributed by atoms with van der Waals surface area (Å²) in [6.45, 7) is 8.83. The first-order valence-electron chi connectivity index (χ1n) is 5.35. The van der Waals surface area contributed by atoms with Crippen molar-refractivity contribution in [3.63, 3.8) is 0 Å². The predicted octanol–water partition coefficient (Wildman–Crippen LogP) is 1.80. The van der Waals surface area contributed by atoms with E-state index in [9.17, 15) is 0 Å². The van der Waals surface area contributed by atoms with Crippen LogP contribution in [0.5, 0.6) is 0 Å². The first kappa shape index (κ1) is 12.2. The maximum absolute atomic E-state index is 5.44. The van der Waals surface area contributed by atoms with Crippen molar-refractivity contribution < 1.29 is 4.84 Å². The van der Waals surface area contributed by atoms with Gasteiger partial charge in [0.15, 0.2) is 0 Å². The molecule has 1 rings (SSSR count). The first-order chi connectivity index (χ1) is 6.92. The molecule has 15 heavy (non-hydrogen) atoms. The van der Waals surface area contributed by atoms with Gasteiger partial charge in [-0.3, -0.25) is 9.52 Å². The Labute approximate surface area is 91.6 Å². The number of hydrogen-bond acceptors (Lipinski definition) is 3. The van der Waals surface area contributed by atoms with Crippen LogP contribution < -0.4 is 5.48 Å². The van der Waals surface area contributed by atoms with Crippen LogP contribution in [0, 0.1) is 0 Å². The molecule has 4 nitrogen and oxygen atoms in total. The summed E-state index contributed by atoms with van der Waals surface area (Å²) in [4.78, 5) is 5.44. The molecule has 0 aliphatic rings. The van der Waals surface area contributed by atoms with Crippen LogP contribution in [0.2, 0.25) is 0 Å². The van der Waals surface area contributed by atoms with Crippen LogP contribution in [0.1, 0.15) is 39.1 Å². The Bertz CT molecular complexity index is 312. The second-order valence-corrected chi connectivity index (χ2v) is 4.64. The minimum absolute atomic E-state index is 0.161. The molecule has 1 heterocycles. The topological polar surface area (TPSA) is 39.1 Å². The summed E-state index contributed by atoms with van der Waals surface area (Å²) in [5.41, 5.74) is 5.05. The minimum atomic E-state index is -0.161. The van der Waals surface area contributed by atoms with E-state index in [-0.39, 0.29) is 5.60 Å². The molecular formula is C11H21N3O. The smallest absolute Gasteiger partial charge is 0.0813 e. The summed E-state index contributed by atoms with van der Waals surface area (Å²) < 4.78 is 1.89. The number of aromatic nitrogens is 2. The lowest BCUT2D eigenvalue weighted by Crippen LogP contribution is -2.29. The SMILES string of the molecule is CCc1cc(CNOC(C)(C)C)n(C)n1. The number of hydroxylamine groups is 1. The minimum Gasteiger partial charge on any atom is -0.296 e. The molecule has 0 unspecified atom stereocenters. The van der Waals surface area contributed by atoms with Crippen LogP contribution in [0.15, 0.2) is 6.07 Å². The number of nitrogens with one attached hydrogen (secondary N) is 1. The average Bonchev–Trinajstić information content (AvgIpc) is 2.45. The molecule has 86 valence electrons. The summed E-state index contributed by atoms with van der Waals surface area (Å²) >= 11 is 0. The van der Waals surface area contributed by atoms with Crippen molar-refractivity contribution in [3.8, 4) is 0 Å². The Morgan fingerprint density at radius 2 is 2.13 bits per heavy atom. The van der Waals surface area contributed by atoms with Crippen LogP contribution >= 0.6 is 0 Å². The van der Waals surface area contributed by atoms with Crippen molar-refractivity contribution in [2.45, 2.75) is 46.3 Å². The molecule has 0 saturated carbocycles. The van der Waals surface area contributed by atoms with Crippen molar-refractivity contribution in [3.05, 3.63) is 17.5 Å². The van der Waals surface area contributed by atoms with Gasteiger partial charge in [-0.1, -0.05) is 6.92 Å². The molecule has 0 aromatic carbocycles. The summed E-state index contributed by atoms with van der Waals surface area (Å²) in [5, 5.41) is 4.37. The molecule has 0 fully saturated rings. The van der Waals surface area contributed by atoms with Crippen molar-refractivity contribution in [2.75, 3.05) is 0 Å². The molecule has 0 spiro atoms. The molecule has 0 atom stereocenters. The third-order valence-electron chi connectivity index (χ3n) is 2.02. The van der Waals surface area contributed by atoms with Gasteiger partial charge in [0, 0.05) is 7.05 Å². The van der Waals surface area contributed by atoms with Gasteiger partial charge in [-0.05, 0) is 33.3 Å². The number of aryl methyl sites for hydroxylation is 2. The first-order valence-corrected chi connectivity index (χ1v) is 5.35. The second kappa shape index (κ2) is 4.77. The van der Waals surface area contributed by atoms with Gasteiger partial charge in [0.1, 0.15) is 0 Å². The molecule has 0 bridgehead atoms. The Hall–Kier alpha value is -0.870. The lowest BCUT2D eigenvalue weighted by Gasteiger charge is -2.19. The lowest BCUT2D eigenvalue weighted by atomic mass is 10.2. The van der Waals surface area contributed by atoms with Gasteiger partial charge in [0.2, 0.25) is 0 Å². The highest BCUT2D eigenvalue weighted by Gasteiger charge is 2.10. The fourth-order valence-electron chi connectivity index (χ4n) is 1.24. The van der Waals surface area contributed by atoms with Gasteiger partial charge >= 0.3 is 0 Å². The van der Waals surface area contributed by atoms with E-state index >= 15 is 0 Å². The van der Waals surface area contributed by atoms with Gasteiger partial charge in [-0.15, -0.1) is 0 Å². The van der Waals surface area contributed by atoms with Crippen LogP contribution in [0.3, 0.4) is 0 Å². The number of hydrogen-bond donors (Lipinski definition) is 1. The Kier molecular flexibility index (Phi) is 3.88. The van der Waals surface area contributed by atoms with Crippen LogP contribution in [0.4, 0.5) is 0 Å². The molecule has 1 aromatic heterocycles. The molecule has 1 N–H and O–H groups in total. The summed E-state index contributed by atoms with van der Waals surface area (Å²) in [5.74, 6) is 0. The molecule has 0 amide bonds. The van der Waals surface area contributed by atoms with E-state index in [0.29, 0.717) is 6.54 Å². The van der Waals surface area contributed by atoms with Crippen molar-refractivity contribution >= 4 is 0 Å². The third kappa shape index (κ3) is 4.01. The third-order valence-corrected chi connectivity index (χ3v) is 2.02. The zero-order chi connectivity index (χ0) is 11.5. The fourth-order valence-corrected chi connectivity index (χ4v) is 1.24. The summed E-state index contributed by atoms with van der Waals surface area (Å²) in [6, 6.07) is 2.10. The molecule has 1 aromatic rings. The highest BCUT2D eigenvalue weighted by molar-refractivity contribution is 5.09. The highest BCUT2D eigenvalue weighted by atomic mass is 16.7. The lowest BCUT2D eigenvalue weighted by molar-refractivity contribution is -0.0764. The van der Waals surface area contributed by atoms with E-state index in [0.717, 1.165) is 17.8 Å². The van der Waals surface area contributed by atoms with Gasteiger partial charge in [0.05, 0.1) is 23.5 Å². The van der Waals surface area contributed by atoms with Crippen molar-refractivity contribution in [1.82, 2.24) is 15.3 Å². The molecule has 4 heteroatoms. The Morgan fingerprint density at radius 1 is 1.47 bits per heavy atom. The maximum atomic E-state index is 5.44. The Balaban J connectivity index is 2.47. The second-order valence-electron chi connectivity index (χ2n) is 4.64. The van der Waals surface area contributed by atoms with E-state index in [2.05, 4.69) is 23.6 Å². The predicted molar refractivity (Wildman–Crippen MR) is 60.3 cm³/mol. The molecule has 0 radical (unpaired) electrons. The van der Waals surface area contributed by atoms with E-state index in [1.165, 1.54) is 0 Å². The number of rotatable bonds is 4. The van der Waals surface area contributed by atoms with Crippen LogP contribution in [0.25, 0.3) is 0 Å². The van der Waals surface area contributed by atoms with E-state index in [4.69, 9.17) is 4.84 Å². The maximum Gasteiger partial charge on any atom is 0.0813 e. The standard InChI is InChI=1S/C11H21N3O/c1-6-9-7-10(14(5)13-9)8-12-15-11(2,3)4/h7,12H,6,8H2,1-5H3. The van der Waals surface area contributed by atoms with Gasteiger partial charge in [-0.25, -0.2) is 0 Å². The number of nitrogens with zero attached hydrogens (tertiary/aromatic N) is 2. The summed E-state index contributed by atoms with van der Waals surface area (Å²) in [7, 11) is 1.95. The monoisotopic (exact) mass is 211 g/mol. The molecular weight excluding hydrogens is 190 g/mol. The summed E-state index contributed by atoms with van der Waals surface area (Å²) in [6.07, 6.45) is 0.966. The van der Waals surface area contributed by atoms with Gasteiger partial charge < -0.3 is 0 Å². The molecule has 0 aliphatic heterocycles.